The summed E-state index contributed by atoms with van der Waals surface area (Å²) in [6.45, 7) is 5.70. The van der Waals surface area contributed by atoms with E-state index < -0.39 is 0 Å². The molecule has 0 unspecified atom stereocenters. The Bertz CT molecular complexity index is 644. The van der Waals surface area contributed by atoms with Crippen LogP contribution in [-0.2, 0) is 4.79 Å². The maximum absolute atomic E-state index is 11.7. The fourth-order valence-corrected chi connectivity index (χ4v) is 1.73. The molecule has 1 amide bonds. The molecule has 2 rings (SSSR count). The van der Waals surface area contributed by atoms with Crippen molar-refractivity contribution in [1.29, 1.82) is 0 Å². The fraction of sp³-hybridized carbons (Fsp3) is 0.250. The molecule has 0 fully saturated rings. The SMILES string of the molecule is Cc1cc(NC(=O)/C=C/c2cccc(OC(C)C)c2)no1. The molecule has 0 spiro atoms. The molecular formula is C16H18N2O3. The van der Waals surface area contributed by atoms with Gasteiger partial charge in [-0.2, -0.15) is 0 Å². The van der Waals surface area contributed by atoms with E-state index in [4.69, 9.17) is 9.26 Å². The van der Waals surface area contributed by atoms with Crippen molar-refractivity contribution in [3.05, 3.63) is 47.7 Å². The molecule has 1 aromatic carbocycles. The molecule has 1 heterocycles. The highest BCUT2D eigenvalue weighted by molar-refractivity contribution is 6.01. The van der Waals surface area contributed by atoms with E-state index in [0.29, 0.717) is 11.6 Å². The monoisotopic (exact) mass is 286 g/mol. The maximum Gasteiger partial charge on any atom is 0.249 e. The summed E-state index contributed by atoms with van der Waals surface area (Å²) in [4.78, 5) is 11.7. The number of amides is 1. The van der Waals surface area contributed by atoms with Crippen LogP contribution in [0.3, 0.4) is 0 Å². The molecule has 0 aliphatic rings. The molecule has 110 valence electrons. The second kappa shape index (κ2) is 6.74. The van der Waals surface area contributed by atoms with E-state index in [0.717, 1.165) is 11.3 Å². The zero-order chi connectivity index (χ0) is 15.2. The third-order valence-electron chi connectivity index (χ3n) is 2.54. The molecule has 0 saturated carbocycles. The topological polar surface area (TPSA) is 64.4 Å². The number of anilines is 1. The van der Waals surface area contributed by atoms with Gasteiger partial charge in [-0.25, -0.2) is 0 Å². The van der Waals surface area contributed by atoms with Crippen LogP contribution in [0.2, 0.25) is 0 Å². The summed E-state index contributed by atoms with van der Waals surface area (Å²) < 4.78 is 10.5. The zero-order valence-corrected chi connectivity index (χ0v) is 12.3. The minimum absolute atomic E-state index is 0.114. The molecule has 2 aromatic rings. The maximum atomic E-state index is 11.7. The normalized spacial score (nSPS) is 11.0. The number of hydrogen-bond donors (Lipinski definition) is 1. The van der Waals surface area contributed by atoms with Gasteiger partial charge in [0.2, 0.25) is 5.91 Å². The zero-order valence-electron chi connectivity index (χ0n) is 12.3. The van der Waals surface area contributed by atoms with Gasteiger partial charge in [0, 0.05) is 12.1 Å². The Morgan fingerprint density at radius 3 is 2.86 bits per heavy atom. The summed E-state index contributed by atoms with van der Waals surface area (Å²) in [5.41, 5.74) is 0.889. The first-order valence-corrected chi connectivity index (χ1v) is 6.72. The second-order valence-electron chi connectivity index (χ2n) is 4.88. The van der Waals surface area contributed by atoms with E-state index in [1.807, 2.05) is 38.1 Å². The van der Waals surface area contributed by atoms with Gasteiger partial charge >= 0.3 is 0 Å². The Kier molecular flexibility index (Phi) is 4.77. The van der Waals surface area contributed by atoms with Gasteiger partial charge < -0.3 is 14.6 Å². The van der Waals surface area contributed by atoms with Crippen LogP contribution in [-0.4, -0.2) is 17.2 Å². The summed E-state index contributed by atoms with van der Waals surface area (Å²) >= 11 is 0. The molecule has 0 bridgehead atoms. The largest absolute Gasteiger partial charge is 0.491 e. The van der Waals surface area contributed by atoms with Crippen molar-refractivity contribution in [2.45, 2.75) is 26.9 Å². The van der Waals surface area contributed by atoms with Crippen molar-refractivity contribution in [1.82, 2.24) is 5.16 Å². The van der Waals surface area contributed by atoms with Gasteiger partial charge in [0.15, 0.2) is 5.82 Å². The van der Waals surface area contributed by atoms with Crippen LogP contribution in [0.1, 0.15) is 25.2 Å². The van der Waals surface area contributed by atoms with Crippen molar-refractivity contribution < 1.29 is 14.1 Å². The Hall–Kier alpha value is -2.56. The molecular weight excluding hydrogens is 268 g/mol. The number of nitrogens with zero attached hydrogens (tertiary/aromatic N) is 1. The fourth-order valence-electron chi connectivity index (χ4n) is 1.73. The molecule has 0 saturated heterocycles. The van der Waals surface area contributed by atoms with Gasteiger partial charge in [-0.05, 0) is 44.5 Å². The summed E-state index contributed by atoms with van der Waals surface area (Å²) in [5, 5.41) is 6.31. The molecule has 21 heavy (non-hydrogen) atoms. The molecule has 1 N–H and O–H groups in total. The average Bonchev–Trinajstić information content (AvgIpc) is 2.81. The third kappa shape index (κ3) is 4.80. The van der Waals surface area contributed by atoms with Crippen LogP contribution in [0.25, 0.3) is 6.08 Å². The summed E-state index contributed by atoms with van der Waals surface area (Å²) in [6, 6.07) is 9.20. The lowest BCUT2D eigenvalue weighted by Gasteiger charge is -2.09. The van der Waals surface area contributed by atoms with Gasteiger partial charge in [-0.3, -0.25) is 4.79 Å². The van der Waals surface area contributed by atoms with E-state index in [2.05, 4.69) is 10.5 Å². The molecule has 5 nitrogen and oxygen atoms in total. The lowest BCUT2D eigenvalue weighted by Crippen LogP contribution is -2.07. The van der Waals surface area contributed by atoms with E-state index in [-0.39, 0.29) is 12.0 Å². The third-order valence-corrected chi connectivity index (χ3v) is 2.54. The van der Waals surface area contributed by atoms with Crippen LogP contribution in [0.15, 0.2) is 40.9 Å². The molecule has 0 radical (unpaired) electrons. The van der Waals surface area contributed by atoms with Gasteiger partial charge in [-0.1, -0.05) is 17.3 Å². The van der Waals surface area contributed by atoms with Crippen LogP contribution in [0.5, 0.6) is 5.75 Å². The Morgan fingerprint density at radius 1 is 1.38 bits per heavy atom. The summed E-state index contributed by atoms with van der Waals surface area (Å²) in [6.07, 6.45) is 3.27. The molecule has 0 aliphatic carbocycles. The van der Waals surface area contributed by atoms with E-state index in [1.165, 1.54) is 6.08 Å². The first kappa shape index (κ1) is 14.8. The minimum Gasteiger partial charge on any atom is -0.491 e. The average molecular weight is 286 g/mol. The number of hydrogen-bond acceptors (Lipinski definition) is 4. The standard InChI is InChI=1S/C16H18N2O3/c1-11(2)20-14-6-4-5-13(10-14)7-8-16(19)17-15-9-12(3)21-18-15/h4-11H,1-3H3,(H,17,18,19)/b8-7+. The highest BCUT2D eigenvalue weighted by atomic mass is 16.5. The van der Waals surface area contributed by atoms with Gasteiger partial charge in [-0.15, -0.1) is 0 Å². The number of carbonyl (C=O) groups excluding carboxylic acids is 1. The number of aromatic nitrogens is 1. The highest BCUT2D eigenvalue weighted by Gasteiger charge is 2.03. The first-order chi connectivity index (χ1) is 10.0. The van der Waals surface area contributed by atoms with E-state index in [1.54, 1.807) is 19.1 Å². The predicted octanol–water partition coefficient (Wildman–Crippen LogP) is 3.42. The lowest BCUT2D eigenvalue weighted by atomic mass is 10.2. The van der Waals surface area contributed by atoms with Crippen LogP contribution in [0, 0.1) is 6.92 Å². The van der Waals surface area contributed by atoms with Crippen LogP contribution in [0.4, 0.5) is 5.82 Å². The number of rotatable bonds is 5. The van der Waals surface area contributed by atoms with Crippen LogP contribution < -0.4 is 10.1 Å². The summed E-state index contributed by atoms with van der Waals surface area (Å²) in [7, 11) is 0. The number of carbonyl (C=O) groups is 1. The molecule has 5 heteroatoms. The van der Waals surface area contributed by atoms with Crippen molar-refractivity contribution in [2.24, 2.45) is 0 Å². The first-order valence-electron chi connectivity index (χ1n) is 6.72. The van der Waals surface area contributed by atoms with Crippen LogP contribution >= 0.6 is 0 Å². The highest BCUT2D eigenvalue weighted by Crippen LogP contribution is 2.16. The van der Waals surface area contributed by atoms with Gasteiger partial charge in [0.25, 0.3) is 0 Å². The molecule has 0 atom stereocenters. The number of aryl methyl sites for hydroxylation is 1. The second-order valence-corrected chi connectivity index (χ2v) is 4.88. The van der Waals surface area contributed by atoms with Gasteiger partial charge in [0.05, 0.1) is 6.10 Å². The van der Waals surface area contributed by atoms with Gasteiger partial charge in [0.1, 0.15) is 11.5 Å². The molecule has 0 aliphatic heterocycles. The Balaban J connectivity index is 1.98. The van der Waals surface area contributed by atoms with Crippen molar-refractivity contribution in [3.63, 3.8) is 0 Å². The quantitative estimate of drug-likeness (QED) is 0.855. The Labute approximate surface area is 123 Å². The molecule has 1 aromatic heterocycles. The summed E-state index contributed by atoms with van der Waals surface area (Å²) in [5.74, 6) is 1.56. The predicted molar refractivity (Wildman–Crippen MR) is 81.1 cm³/mol. The van der Waals surface area contributed by atoms with E-state index >= 15 is 0 Å². The Morgan fingerprint density at radius 2 is 2.19 bits per heavy atom. The van der Waals surface area contributed by atoms with Crippen molar-refractivity contribution >= 4 is 17.8 Å². The smallest absolute Gasteiger partial charge is 0.249 e. The number of ether oxygens (including phenoxy) is 1. The van der Waals surface area contributed by atoms with E-state index in [9.17, 15) is 4.79 Å². The minimum atomic E-state index is -0.265. The number of nitrogens with one attached hydrogen (secondary N) is 1. The van der Waals surface area contributed by atoms with Crippen molar-refractivity contribution in [3.8, 4) is 5.75 Å². The lowest BCUT2D eigenvalue weighted by molar-refractivity contribution is -0.111. The number of benzene rings is 1. The van der Waals surface area contributed by atoms with Crippen molar-refractivity contribution in [2.75, 3.05) is 5.32 Å².